The molecule has 94 valence electrons. The Hall–Kier alpha value is -1.81. The van der Waals surface area contributed by atoms with E-state index in [2.05, 4.69) is 10.2 Å². The highest BCUT2D eigenvalue weighted by molar-refractivity contribution is 6.31. The minimum absolute atomic E-state index is 0.0120. The van der Waals surface area contributed by atoms with Crippen LogP contribution in [0, 0.1) is 6.92 Å². The lowest BCUT2D eigenvalue weighted by Gasteiger charge is -2.25. The van der Waals surface area contributed by atoms with Crippen LogP contribution < -0.4 is 5.32 Å². The second-order valence-electron chi connectivity index (χ2n) is 4.69. The van der Waals surface area contributed by atoms with Gasteiger partial charge in [-0.05, 0) is 18.6 Å². The monoisotopic (exact) mass is 244 g/mol. The fourth-order valence-electron chi connectivity index (χ4n) is 2.33. The molecule has 0 atom stereocenters. The predicted molar refractivity (Wildman–Crippen MR) is 70.2 cm³/mol. The highest BCUT2D eigenvalue weighted by atomic mass is 16.5. The zero-order chi connectivity index (χ0) is 12.5. The number of ether oxygens (including phenoxy) is 1. The number of fused-ring (bicyclic) bond motifs is 1. The van der Waals surface area contributed by atoms with E-state index in [1.165, 1.54) is 0 Å². The van der Waals surface area contributed by atoms with Crippen molar-refractivity contribution in [2.75, 3.05) is 31.6 Å². The van der Waals surface area contributed by atoms with Gasteiger partial charge in [0, 0.05) is 30.5 Å². The van der Waals surface area contributed by atoms with Crippen molar-refractivity contribution < 1.29 is 9.53 Å². The number of hydrogen-bond acceptors (Lipinski definition) is 3. The van der Waals surface area contributed by atoms with E-state index in [1.807, 2.05) is 31.3 Å². The summed E-state index contributed by atoms with van der Waals surface area (Å²) in [6, 6.07) is 6.05. The lowest BCUT2D eigenvalue weighted by atomic mass is 10.1. The molecular formula is C14H16N2O2. The summed E-state index contributed by atoms with van der Waals surface area (Å²) >= 11 is 0. The zero-order valence-corrected chi connectivity index (χ0v) is 10.4. The van der Waals surface area contributed by atoms with E-state index in [1.54, 1.807) is 0 Å². The van der Waals surface area contributed by atoms with Crippen LogP contribution in [0.25, 0.3) is 5.57 Å². The Kier molecular flexibility index (Phi) is 2.80. The summed E-state index contributed by atoms with van der Waals surface area (Å²) in [5, 5.41) is 2.91. The average molecular weight is 244 g/mol. The molecule has 0 radical (unpaired) electrons. The van der Waals surface area contributed by atoms with Crippen LogP contribution in [0.1, 0.15) is 11.1 Å². The first-order chi connectivity index (χ1) is 8.74. The first-order valence-electron chi connectivity index (χ1n) is 6.20. The van der Waals surface area contributed by atoms with Gasteiger partial charge in [-0.1, -0.05) is 12.1 Å². The second-order valence-corrected chi connectivity index (χ2v) is 4.69. The number of amides is 1. The van der Waals surface area contributed by atoms with Crippen LogP contribution in [0.2, 0.25) is 0 Å². The Morgan fingerprint density at radius 1 is 1.33 bits per heavy atom. The first kappa shape index (κ1) is 11.3. The molecule has 0 saturated carbocycles. The van der Waals surface area contributed by atoms with Crippen LogP contribution in [0.3, 0.4) is 0 Å². The van der Waals surface area contributed by atoms with Crippen molar-refractivity contribution >= 4 is 17.2 Å². The summed E-state index contributed by atoms with van der Waals surface area (Å²) in [5.74, 6) is -0.0120. The van der Waals surface area contributed by atoms with Crippen LogP contribution in [-0.4, -0.2) is 37.1 Å². The van der Waals surface area contributed by atoms with Crippen molar-refractivity contribution in [3.63, 3.8) is 0 Å². The van der Waals surface area contributed by atoms with E-state index in [9.17, 15) is 4.79 Å². The van der Waals surface area contributed by atoms with Crippen LogP contribution in [0.5, 0.6) is 0 Å². The first-order valence-corrected chi connectivity index (χ1v) is 6.20. The molecule has 1 N–H and O–H groups in total. The van der Waals surface area contributed by atoms with Crippen molar-refractivity contribution in [1.29, 1.82) is 0 Å². The topological polar surface area (TPSA) is 41.6 Å². The van der Waals surface area contributed by atoms with Gasteiger partial charge in [0.15, 0.2) is 0 Å². The highest BCUT2D eigenvalue weighted by Crippen LogP contribution is 2.32. The number of carbonyl (C=O) groups is 1. The molecule has 2 aliphatic heterocycles. The molecule has 0 aliphatic carbocycles. The van der Waals surface area contributed by atoms with Crippen LogP contribution in [0.15, 0.2) is 24.4 Å². The van der Waals surface area contributed by atoms with Crippen molar-refractivity contribution in [3.05, 3.63) is 35.5 Å². The number of hydrogen-bond donors (Lipinski definition) is 1. The van der Waals surface area contributed by atoms with Gasteiger partial charge in [-0.25, -0.2) is 0 Å². The third kappa shape index (κ3) is 1.99. The van der Waals surface area contributed by atoms with Gasteiger partial charge in [0.1, 0.15) is 0 Å². The van der Waals surface area contributed by atoms with Gasteiger partial charge in [-0.3, -0.25) is 4.79 Å². The van der Waals surface area contributed by atoms with Gasteiger partial charge < -0.3 is 15.0 Å². The summed E-state index contributed by atoms with van der Waals surface area (Å²) in [5.41, 5.74) is 3.82. The summed E-state index contributed by atoms with van der Waals surface area (Å²) in [4.78, 5) is 14.1. The predicted octanol–water partition coefficient (Wildman–Crippen LogP) is 1.62. The number of aryl methyl sites for hydroxylation is 1. The highest BCUT2D eigenvalue weighted by Gasteiger charge is 2.25. The summed E-state index contributed by atoms with van der Waals surface area (Å²) in [6.45, 7) is 5.17. The summed E-state index contributed by atoms with van der Waals surface area (Å²) in [7, 11) is 0. The van der Waals surface area contributed by atoms with E-state index in [4.69, 9.17) is 4.74 Å². The van der Waals surface area contributed by atoms with Crippen molar-refractivity contribution in [3.8, 4) is 0 Å². The van der Waals surface area contributed by atoms with E-state index in [0.29, 0.717) is 0 Å². The van der Waals surface area contributed by atoms with Crippen LogP contribution in [-0.2, 0) is 9.53 Å². The molecule has 18 heavy (non-hydrogen) atoms. The molecule has 1 fully saturated rings. The number of morpholine rings is 1. The zero-order valence-electron chi connectivity index (χ0n) is 10.4. The van der Waals surface area contributed by atoms with Gasteiger partial charge in [-0.2, -0.15) is 0 Å². The van der Waals surface area contributed by atoms with Gasteiger partial charge in [0.25, 0.3) is 5.91 Å². The molecule has 1 saturated heterocycles. The number of nitrogens with zero attached hydrogens (tertiary/aromatic N) is 1. The van der Waals surface area contributed by atoms with Crippen LogP contribution in [0.4, 0.5) is 5.69 Å². The molecule has 0 spiro atoms. The lowest BCUT2D eigenvalue weighted by Crippen LogP contribution is -2.32. The smallest absolute Gasteiger partial charge is 0.257 e. The third-order valence-corrected chi connectivity index (χ3v) is 3.32. The van der Waals surface area contributed by atoms with E-state index >= 15 is 0 Å². The largest absolute Gasteiger partial charge is 0.378 e. The number of nitrogens with one attached hydrogen (secondary N) is 1. The molecular weight excluding hydrogens is 228 g/mol. The fourth-order valence-corrected chi connectivity index (χ4v) is 2.33. The molecule has 3 rings (SSSR count). The Balaban J connectivity index is 1.93. The molecule has 0 unspecified atom stereocenters. The van der Waals surface area contributed by atoms with Gasteiger partial charge in [0.2, 0.25) is 0 Å². The maximum Gasteiger partial charge on any atom is 0.257 e. The maximum absolute atomic E-state index is 12.0. The third-order valence-electron chi connectivity index (χ3n) is 3.32. The molecule has 4 heteroatoms. The summed E-state index contributed by atoms with van der Waals surface area (Å²) in [6.07, 6.45) is 1.96. The standard InChI is InChI=1S/C14H16N2O2/c1-10-2-3-11-12(14(17)15-13(11)8-10)9-16-4-6-18-7-5-16/h2-3,8-9H,4-7H2,1H3,(H,15,17)/b12-9+. The Bertz CT molecular complexity index is 517. The number of anilines is 1. The van der Waals surface area contributed by atoms with E-state index in [-0.39, 0.29) is 5.91 Å². The van der Waals surface area contributed by atoms with Crippen molar-refractivity contribution in [2.45, 2.75) is 6.92 Å². The van der Waals surface area contributed by atoms with E-state index in [0.717, 1.165) is 48.7 Å². The van der Waals surface area contributed by atoms with Gasteiger partial charge >= 0.3 is 0 Å². The van der Waals surface area contributed by atoms with Gasteiger partial charge in [-0.15, -0.1) is 0 Å². The molecule has 2 aliphatic rings. The molecule has 1 aromatic rings. The van der Waals surface area contributed by atoms with E-state index < -0.39 is 0 Å². The maximum atomic E-state index is 12.0. The average Bonchev–Trinajstić information content (AvgIpc) is 2.66. The number of rotatable bonds is 1. The second kappa shape index (κ2) is 4.46. The summed E-state index contributed by atoms with van der Waals surface area (Å²) < 4.78 is 5.30. The minimum Gasteiger partial charge on any atom is -0.378 e. The molecule has 0 bridgehead atoms. The normalized spacial score (nSPS) is 21.1. The Labute approximate surface area is 106 Å². The Morgan fingerprint density at radius 2 is 2.11 bits per heavy atom. The fraction of sp³-hybridized carbons (Fsp3) is 0.357. The van der Waals surface area contributed by atoms with Crippen LogP contribution >= 0.6 is 0 Å². The molecule has 1 aromatic carbocycles. The lowest BCUT2D eigenvalue weighted by molar-refractivity contribution is -0.110. The minimum atomic E-state index is -0.0120. The molecule has 4 nitrogen and oxygen atoms in total. The Morgan fingerprint density at radius 3 is 2.89 bits per heavy atom. The number of carbonyl (C=O) groups excluding carboxylic acids is 1. The van der Waals surface area contributed by atoms with Crippen molar-refractivity contribution in [1.82, 2.24) is 4.90 Å². The van der Waals surface area contributed by atoms with Crippen molar-refractivity contribution in [2.24, 2.45) is 0 Å². The quantitative estimate of drug-likeness (QED) is 0.763. The molecule has 1 amide bonds. The SMILES string of the molecule is Cc1ccc2c(c1)NC(=O)/C2=C/N1CCOCC1. The molecule has 0 aromatic heterocycles. The van der Waals surface area contributed by atoms with Gasteiger partial charge in [0.05, 0.1) is 18.8 Å². The molecule has 2 heterocycles. The number of benzene rings is 1.